The summed E-state index contributed by atoms with van der Waals surface area (Å²) in [7, 11) is 0. The van der Waals surface area contributed by atoms with E-state index < -0.39 is 17.8 Å². The van der Waals surface area contributed by atoms with Crippen LogP contribution in [0, 0.1) is 0 Å². The van der Waals surface area contributed by atoms with E-state index in [0.717, 1.165) is 13.7 Å². The maximum atomic E-state index is 12.1. The Hall–Kier alpha value is -0.340. The zero-order chi connectivity index (χ0) is 17.6. The number of hydrogen-bond acceptors (Lipinski definition) is 5. The second kappa shape index (κ2) is 9.22. The fourth-order valence-corrected chi connectivity index (χ4v) is 3.57. The van der Waals surface area contributed by atoms with E-state index in [1.54, 1.807) is 6.92 Å². The fraction of sp³-hybridized carbons (Fsp3) is 0.667. The van der Waals surface area contributed by atoms with E-state index in [1.165, 1.54) is 16.2 Å². The van der Waals surface area contributed by atoms with E-state index in [1.807, 2.05) is 26.8 Å². The number of nitrogens with one attached hydrogen (secondary N) is 1. The van der Waals surface area contributed by atoms with Gasteiger partial charge in [-0.05, 0) is 49.7 Å². The van der Waals surface area contributed by atoms with Crippen molar-refractivity contribution in [2.24, 2.45) is 0 Å². The van der Waals surface area contributed by atoms with Crippen molar-refractivity contribution in [2.75, 3.05) is 19.6 Å². The van der Waals surface area contributed by atoms with Crippen LogP contribution >= 0.6 is 38.9 Å². The number of ether oxygens (including phenoxy) is 1. The quantitative estimate of drug-likeness (QED) is 0.648. The molecule has 0 saturated carbocycles. The van der Waals surface area contributed by atoms with Gasteiger partial charge in [-0.15, -0.1) is 11.3 Å². The lowest BCUT2D eigenvalue weighted by Gasteiger charge is -2.28. The van der Waals surface area contributed by atoms with Gasteiger partial charge in [0.2, 0.25) is 0 Å². The lowest BCUT2D eigenvalue weighted by atomic mass is 10.2. The van der Waals surface area contributed by atoms with Gasteiger partial charge in [0.25, 0.3) is 0 Å². The Kier molecular flexibility index (Phi) is 8.30. The SMILES string of the molecule is CC(O)CN(CCNCc1cc(Br)c(Cl)s1)C(=O)OC(C)(C)C. The first-order valence-electron chi connectivity index (χ1n) is 7.39. The topological polar surface area (TPSA) is 61.8 Å². The zero-order valence-corrected chi connectivity index (χ0v) is 17.0. The highest BCUT2D eigenvalue weighted by molar-refractivity contribution is 9.10. The molecule has 1 unspecified atom stereocenters. The summed E-state index contributed by atoms with van der Waals surface area (Å²) in [4.78, 5) is 14.8. The molecule has 0 aliphatic heterocycles. The average Bonchev–Trinajstić information content (AvgIpc) is 2.70. The molecule has 23 heavy (non-hydrogen) atoms. The van der Waals surface area contributed by atoms with Crippen LogP contribution in [0.4, 0.5) is 4.79 Å². The minimum atomic E-state index is -0.602. The Bertz CT molecular complexity index is 498. The lowest BCUT2D eigenvalue weighted by molar-refractivity contribution is 0.0164. The standard InChI is InChI=1S/C15H24BrClN2O3S/c1-10(20)9-19(14(21)22-15(2,3)4)6-5-18-8-11-7-12(16)13(17)23-11/h7,10,18,20H,5-6,8-9H2,1-4H3. The number of aliphatic hydroxyl groups is 1. The van der Waals surface area contributed by atoms with Crippen LogP contribution in [-0.4, -0.2) is 47.4 Å². The second-order valence-electron chi connectivity index (χ2n) is 6.29. The van der Waals surface area contributed by atoms with Gasteiger partial charge in [-0.25, -0.2) is 4.79 Å². The Labute approximate surface area is 155 Å². The molecule has 0 aromatic carbocycles. The molecule has 0 radical (unpaired) electrons. The molecule has 1 atom stereocenters. The Morgan fingerprint density at radius 3 is 2.70 bits per heavy atom. The highest BCUT2D eigenvalue weighted by atomic mass is 79.9. The third-order valence-electron chi connectivity index (χ3n) is 2.69. The van der Waals surface area contributed by atoms with Gasteiger partial charge >= 0.3 is 6.09 Å². The van der Waals surface area contributed by atoms with Crippen molar-refractivity contribution >= 4 is 45.0 Å². The van der Waals surface area contributed by atoms with Gasteiger partial charge in [0.05, 0.1) is 6.10 Å². The van der Waals surface area contributed by atoms with E-state index >= 15 is 0 Å². The summed E-state index contributed by atoms with van der Waals surface area (Å²) in [6.45, 7) is 9.08. The van der Waals surface area contributed by atoms with Crippen LogP contribution in [0.5, 0.6) is 0 Å². The molecule has 1 amide bonds. The number of carbonyl (C=O) groups is 1. The molecule has 0 spiro atoms. The van der Waals surface area contributed by atoms with E-state index in [0.29, 0.717) is 19.6 Å². The summed E-state index contributed by atoms with van der Waals surface area (Å²) >= 11 is 10.9. The molecular formula is C15H24BrClN2O3S. The lowest BCUT2D eigenvalue weighted by Crippen LogP contribution is -2.43. The molecule has 0 saturated heterocycles. The van der Waals surface area contributed by atoms with Crippen molar-refractivity contribution in [3.05, 3.63) is 19.8 Å². The molecule has 1 heterocycles. The van der Waals surface area contributed by atoms with Crippen LogP contribution in [0.15, 0.2) is 10.5 Å². The summed E-state index contributed by atoms with van der Waals surface area (Å²) in [6.07, 6.45) is -1.02. The minimum Gasteiger partial charge on any atom is -0.444 e. The molecule has 132 valence electrons. The Balaban J connectivity index is 2.46. The van der Waals surface area contributed by atoms with Crippen molar-refractivity contribution in [3.8, 4) is 0 Å². The molecule has 1 aromatic heterocycles. The number of thiophene rings is 1. The molecule has 5 nitrogen and oxygen atoms in total. The van der Waals surface area contributed by atoms with Crippen LogP contribution < -0.4 is 5.32 Å². The predicted octanol–water partition coefficient (Wildman–Crippen LogP) is 3.87. The predicted molar refractivity (Wildman–Crippen MR) is 98.2 cm³/mol. The average molecular weight is 428 g/mol. The largest absolute Gasteiger partial charge is 0.444 e. The normalized spacial score (nSPS) is 13.0. The van der Waals surface area contributed by atoms with Gasteiger partial charge in [0, 0.05) is 35.5 Å². The van der Waals surface area contributed by atoms with Crippen molar-refractivity contribution in [2.45, 2.75) is 45.9 Å². The molecule has 0 aliphatic carbocycles. The molecule has 1 aromatic rings. The van der Waals surface area contributed by atoms with E-state index in [9.17, 15) is 9.90 Å². The summed E-state index contributed by atoms with van der Waals surface area (Å²) in [5.74, 6) is 0. The first kappa shape index (κ1) is 20.7. The maximum absolute atomic E-state index is 12.1. The Morgan fingerprint density at radius 1 is 1.57 bits per heavy atom. The monoisotopic (exact) mass is 426 g/mol. The smallest absolute Gasteiger partial charge is 0.410 e. The summed E-state index contributed by atoms with van der Waals surface area (Å²) < 4.78 is 6.98. The fourth-order valence-electron chi connectivity index (χ4n) is 1.81. The van der Waals surface area contributed by atoms with Crippen molar-refractivity contribution < 1.29 is 14.6 Å². The zero-order valence-electron chi connectivity index (χ0n) is 13.9. The third-order valence-corrected chi connectivity index (χ3v) is 5.16. The van der Waals surface area contributed by atoms with Crippen LogP contribution in [0.1, 0.15) is 32.6 Å². The van der Waals surface area contributed by atoms with Crippen molar-refractivity contribution in [3.63, 3.8) is 0 Å². The number of carbonyl (C=O) groups excluding carboxylic acids is 1. The highest BCUT2D eigenvalue weighted by Crippen LogP contribution is 2.31. The third kappa shape index (κ3) is 8.35. The van der Waals surface area contributed by atoms with E-state index in [-0.39, 0.29) is 6.54 Å². The number of aliphatic hydroxyl groups excluding tert-OH is 1. The van der Waals surface area contributed by atoms with Crippen LogP contribution in [0.2, 0.25) is 4.34 Å². The number of hydrogen-bond donors (Lipinski definition) is 2. The van der Waals surface area contributed by atoms with Gasteiger partial charge in [-0.1, -0.05) is 11.6 Å². The first-order chi connectivity index (χ1) is 10.6. The Morgan fingerprint density at radius 2 is 2.22 bits per heavy atom. The van der Waals surface area contributed by atoms with Gasteiger partial charge < -0.3 is 20.1 Å². The molecule has 0 bridgehead atoms. The van der Waals surface area contributed by atoms with Crippen LogP contribution in [-0.2, 0) is 11.3 Å². The first-order valence-corrected chi connectivity index (χ1v) is 9.37. The molecule has 2 N–H and O–H groups in total. The number of amides is 1. The minimum absolute atomic E-state index is 0.243. The van der Waals surface area contributed by atoms with Gasteiger partial charge in [-0.2, -0.15) is 0 Å². The van der Waals surface area contributed by atoms with Gasteiger partial charge in [-0.3, -0.25) is 0 Å². The second-order valence-corrected chi connectivity index (χ2v) is 8.88. The molecule has 1 rings (SSSR count). The van der Waals surface area contributed by atoms with Crippen LogP contribution in [0.3, 0.4) is 0 Å². The van der Waals surface area contributed by atoms with Crippen molar-refractivity contribution in [1.29, 1.82) is 0 Å². The van der Waals surface area contributed by atoms with Crippen LogP contribution in [0.25, 0.3) is 0 Å². The maximum Gasteiger partial charge on any atom is 0.410 e. The number of rotatable bonds is 7. The molecule has 0 aliphatic rings. The summed E-state index contributed by atoms with van der Waals surface area (Å²) in [5.41, 5.74) is -0.554. The summed E-state index contributed by atoms with van der Waals surface area (Å²) in [6, 6.07) is 1.97. The molecular weight excluding hydrogens is 404 g/mol. The van der Waals surface area contributed by atoms with Gasteiger partial charge in [0.1, 0.15) is 9.94 Å². The van der Waals surface area contributed by atoms with E-state index in [4.69, 9.17) is 16.3 Å². The number of halogens is 2. The molecule has 0 fully saturated rings. The van der Waals surface area contributed by atoms with Gasteiger partial charge in [0.15, 0.2) is 0 Å². The van der Waals surface area contributed by atoms with Crippen molar-refractivity contribution in [1.82, 2.24) is 10.2 Å². The highest BCUT2D eigenvalue weighted by Gasteiger charge is 2.22. The number of nitrogens with zero attached hydrogens (tertiary/aromatic N) is 1. The molecule has 8 heteroatoms. The summed E-state index contributed by atoms with van der Waals surface area (Å²) in [5, 5.41) is 12.8. The van der Waals surface area contributed by atoms with E-state index in [2.05, 4.69) is 21.2 Å².